The summed E-state index contributed by atoms with van der Waals surface area (Å²) in [5.74, 6) is 0.264. The molecule has 1 fully saturated rings. The predicted molar refractivity (Wildman–Crippen MR) is 164 cm³/mol. The van der Waals surface area contributed by atoms with Crippen molar-refractivity contribution in [3.63, 3.8) is 0 Å². The molecule has 1 aliphatic rings. The lowest BCUT2D eigenvalue weighted by atomic mass is 10.1. The van der Waals surface area contributed by atoms with Crippen molar-refractivity contribution in [3.05, 3.63) is 104 Å². The molecule has 202 valence electrons. The van der Waals surface area contributed by atoms with E-state index in [1.807, 2.05) is 36.4 Å². The highest BCUT2D eigenvalue weighted by Crippen LogP contribution is 2.38. The van der Waals surface area contributed by atoms with Crippen molar-refractivity contribution in [2.75, 3.05) is 19.0 Å². The van der Waals surface area contributed by atoms with E-state index in [0.717, 1.165) is 33.0 Å². The number of anilines is 1. The van der Waals surface area contributed by atoms with Gasteiger partial charge in [0.2, 0.25) is 5.91 Å². The van der Waals surface area contributed by atoms with Gasteiger partial charge in [0.05, 0.1) is 21.0 Å². The van der Waals surface area contributed by atoms with Crippen LogP contribution in [-0.2, 0) is 16.2 Å². The third-order valence-electron chi connectivity index (χ3n) is 6.12. The predicted octanol–water partition coefficient (Wildman–Crippen LogP) is 7.63. The number of rotatable bonds is 8. The number of ether oxygens (including phenoxy) is 2. The number of nitrogens with one attached hydrogen (secondary N) is 1. The number of amides is 3. The molecule has 1 N–H and O–H groups in total. The number of fused-ring (bicyclic) bond motifs is 1. The van der Waals surface area contributed by atoms with E-state index < -0.39 is 17.1 Å². The summed E-state index contributed by atoms with van der Waals surface area (Å²) < 4.78 is 12.6. The minimum atomic E-state index is -0.525. The first kappa shape index (κ1) is 27.9. The van der Waals surface area contributed by atoms with Crippen molar-refractivity contribution in [1.82, 2.24) is 4.90 Å². The Balaban J connectivity index is 1.26. The zero-order valence-electron chi connectivity index (χ0n) is 21.1. The van der Waals surface area contributed by atoms with Crippen molar-refractivity contribution < 1.29 is 23.9 Å². The fraction of sp³-hybridized carbons (Fsp3) is 0.100. The van der Waals surface area contributed by atoms with Gasteiger partial charge in [-0.25, -0.2) is 0 Å². The number of nitrogens with zero attached hydrogens (tertiary/aromatic N) is 1. The lowest BCUT2D eigenvalue weighted by Crippen LogP contribution is -2.36. The van der Waals surface area contributed by atoms with E-state index in [2.05, 4.69) is 55.4 Å². The summed E-state index contributed by atoms with van der Waals surface area (Å²) in [7, 11) is 1.55. The van der Waals surface area contributed by atoms with E-state index in [4.69, 9.17) is 9.47 Å². The Morgan fingerprint density at radius 2 is 1.68 bits per heavy atom. The molecule has 40 heavy (non-hydrogen) atoms. The van der Waals surface area contributed by atoms with E-state index in [1.165, 1.54) is 0 Å². The lowest BCUT2D eigenvalue weighted by Gasteiger charge is -2.13. The number of hydrogen-bond acceptors (Lipinski definition) is 6. The molecule has 5 rings (SSSR count). The first-order valence-corrected chi connectivity index (χ1v) is 14.5. The molecule has 0 aromatic heterocycles. The largest absolute Gasteiger partial charge is 0.497 e. The molecular formula is C30H22Br2N2O5S. The number of imide groups is 1. The van der Waals surface area contributed by atoms with Crippen LogP contribution in [-0.4, -0.2) is 35.6 Å². The molecule has 0 atom stereocenters. The van der Waals surface area contributed by atoms with Crippen molar-refractivity contribution in [1.29, 1.82) is 0 Å². The molecule has 1 saturated heterocycles. The van der Waals surface area contributed by atoms with Gasteiger partial charge in [-0.05, 0) is 108 Å². The third-order valence-corrected chi connectivity index (χ3v) is 8.20. The number of methoxy groups -OCH3 is 1. The molecule has 10 heteroatoms. The van der Waals surface area contributed by atoms with E-state index in [1.54, 1.807) is 37.5 Å². The lowest BCUT2D eigenvalue weighted by molar-refractivity contribution is -0.127. The highest BCUT2D eigenvalue weighted by atomic mass is 79.9. The second kappa shape index (κ2) is 12.3. The zero-order chi connectivity index (χ0) is 28.2. The summed E-state index contributed by atoms with van der Waals surface area (Å²) in [5, 5.41) is 4.45. The Morgan fingerprint density at radius 3 is 2.40 bits per heavy atom. The fourth-order valence-electron chi connectivity index (χ4n) is 4.18. The van der Waals surface area contributed by atoms with Crippen molar-refractivity contribution >= 4 is 83.2 Å². The highest BCUT2D eigenvalue weighted by Gasteiger charge is 2.36. The van der Waals surface area contributed by atoms with Gasteiger partial charge in [0.1, 0.15) is 24.7 Å². The smallest absolute Gasteiger partial charge is 0.294 e. The van der Waals surface area contributed by atoms with Crippen LogP contribution in [0.15, 0.2) is 92.7 Å². The normalized spacial score (nSPS) is 14.2. The monoisotopic (exact) mass is 680 g/mol. The summed E-state index contributed by atoms with van der Waals surface area (Å²) in [6.07, 6.45) is 1.62. The van der Waals surface area contributed by atoms with Crippen LogP contribution in [0.5, 0.6) is 11.5 Å². The van der Waals surface area contributed by atoms with Crippen molar-refractivity contribution in [2.24, 2.45) is 0 Å². The molecule has 7 nitrogen and oxygen atoms in total. The Labute approximate surface area is 251 Å². The van der Waals surface area contributed by atoms with Crippen LogP contribution >= 0.6 is 43.6 Å². The molecule has 0 bridgehead atoms. The molecule has 4 aromatic carbocycles. The Kier molecular flexibility index (Phi) is 8.58. The quantitative estimate of drug-likeness (QED) is 0.193. The average molecular weight is 682 g/mol. The highest BCUT2D eigenvalue weighted by molar-refractivity contribution is 9.11. The minimum Gasteiger partial charge on any atom is -0.497 e. The van der Waals surface area contributed by atoms with Gasteiger partial charge < -0.3 is 14.8 Å². The summed E-state index contributed by atoms with van der Waals surface area (Å²) in [6.45, 7) is -0.0161. The van der Waals surface area contributed by atoms with Crippen LogP contribution in [0.1, 0.15) is 11.1 Å². The minimum absolute atomic E-state index is 0.227. The maximum atomic E-state index is 13.0. The summed E-state index contributed by atoms with van der Waals surface area (Å²) in [4.78, 5) is 39.2. The second-order valence-electron chi connectivity index (χ2n) is 8.79. The van der Waals surface area contributed by atoms with Gasteiger partial charge in [-0.3, -0.25) is 19.3 Å². The number of halogens is 2. The SMILES string of the molecule is COc1ccc(NC(=O)CN2C(=O)S/C(=C/c3cc(Br)c(OCc4cccc5ccccc45)c(Br)c3)C2=O)cc1. The summed E-state index contributed by atoms with van der Waals surface area (Å²) in [5.41, 5.74) is 2.28. The average Bonchev–Trinajstić information content (AvgIpc) is 3.20. The molecule has 1 aliphatic heterocycles. The molecule has 0 radical (unpaired) electrons. The fourth-order valence-corrected chi connectivity index (χ4v) is 6.46. The topological polar surface area (TPSA) is 84.9 Å². The van der Waals surface area contributed by atoms with Gasteiger partial charge in [-0.2, -0.15) is 0 Å². The zero-order valence-corrected chi connectivity index (χ0v) is 25.1. The van der Waals surface area contributed by atoms with Crippen LogP contribution in [0.3, 0.4) is 0 Å². The molecule has 0 unspecified atom stereocenters. The van der Waals surface area contributed by atoms with Crippen LogP contribution in [0.2, 0.25) is 0 Å². The maximum Gasteiger partial charge on any atom is 0.294 e. The van der Waals surface area contributed by atoms with E-state index in [0.29, 0.717) is 38.3 Å². The van der Waals surface area contributed by atoms with Crippen molar-refractivity contribution in [2.45, 2.75) is 6.61 Å². The van der Waals surface area contributed by atoms with Gasteiger partial charge >= 0.3 is 0 Å². The van der Waals surface area contributed by atoms with Gasteiger partial charge in [0, 0.05) is 5.69 Å². The number of hydrogen-bond donors (Lipinski definition) is 1. The Hall–Kier alpha value is -3.60. The van der Waals surface area contributed by atoms with Crippen LogP contribution in [0.4, 0.5) is 10.5 Å². The van der Waals surface area contributed by atoms with Crippen LogP contribution in [0.25, 0.3) is 16.8 Å². The van der Waals surface area contributed by atoms with Crippen LogP contribution < -0.4 is 14.8 Å². The molecule has 0 aliphatic carbocycles. The number of carbonyl (C=O) groups excluding carboxylic acids is 3. The standard InChI is InChI=1S/C30H22Br2N2O5S/c1-38-22-11-9-21(10-12-22)33-27(35)16-34-29(36)26(40-30(34)37)15-18-13-24(31)28(25(32)14-18)39-17-20-7-4-6-19-5-2-3-8-23(19)20/h2-15H,16-17H2,1H3,(H,33,35)/b26-15+. The second-order valence-corrected chi connectivity index (χ2v) is 11.5. The van der Waals surface area contributed by atoms with Gasteiger partial charge in [-0.1, -0.05) is 42.5 Å². The van der Waals surface area contributed by atoms with E-state index in [-0.39, 0.29) is 11.4 Å². The molecule has 1 heterocycles. The Bertz CT molecular complexity index is 1630. The van der Waals surface area contributed by atoms with Crippen molar-refractivity contribution in [3.8, 4) is 11.5 Å². The summed E-state index contributed by atoms with van der Waals surface area (Å²) >= 11 is 7.93. The number of thioether (sulfide) groups is 1. The van der Waals surface area contributed by atoms with Gasteiger partial charge in [0.25, 0.3) is 11.1 Å². The molecule has 4 aromatic rings. The molecule has 3 amide bonds. The van der Waals surface area contributed by atoms with Gasteiger partial charge in [0.15, 0.2) is 0 Å². The van der Waals surface area contributed by atoms with Gasteiger partial charge in [-0.15, -0.1) is 0 Å². The Morgan fingerprint density at radius 1 is 0.975 bits per heavy atom. The van der Waals surface area contributed by atoms with Crippen LogP contribution in [0, 0.1) is 0 Å². The number of benzene rings is 4. The van der Waals surface area contributed by atoms with E-state index >= 15 is 0 Å². The first-order chi connectivity index (χ1) is 19.3. The molecule has 0 spiro atoms. The summed E-state index contributed by atoms with van der Waals surface area (Å²) in [6, 6.07) is 24.6. The molecular weight excluding hydrogens is 660 g/mol. The first-order valence-electron chi connectivity index (χ1n) is 12.1. The third kappa shape index (κ3) is 6.24. The maximum absolute atomic E-state index is 13.0. The van der Waals surface area contributed by atoms with E-state index in [9.17, 15) is 14.4 Å². The number of carbonyl (C=O) groups is 3. The molecule has 0 saturated carbocycles.